The molecular weight excluding hydrogens is 332 g/mol. The highest BCUT2D eigenvalue weighted by Crippen LogP contribution is 2.28. The Morgan fingerprint density at radius 2 is 1.30 bits per heavy atom. The third-order valence-corrected chi connectivity index (χ3v) is 5.04. The van der Waals surface area contributed by atoms with Gasteiger partial charge in [0, 0.05) is 0 Å². The Morgan fingerprint density at radius 3 is 1.85 bits per heavy atom. The molecule has 0 fully saturated rings. The number of hydrogen-bond donors (Lipinski definition) is 0. The summed E-state index contributed by atoms with van der Waals surface area (Å²) in [5, 5.41) is 0. The van der Waals surface area contributed by atoms with Gasteiger partial charge in [0.05, 0.1) is 12.2 Å². The van der Waals surface area contributed by atoms with Crippen molar-refractivity contribution in [3.05, 3.63) is 82.9 Å². The van der Waals surface area contributed by atoms with E-state index in [4.69, 9.17) is 4.74 Å². The average Bonchev–Trinajstić information content (AvgIpc) is 2.70. The lowest BCUT2D eigenvalue weighted by Crippen LogP contribution is -2.07. The van der Waals surface area contributed by atoms with Gasteiger partial charge in [0.15, 0.2) is 0 Å². The minimum atomic E-state index is -0.244. The van der Waals surface area contributed by atoms with E-state index in [2.05, 4.69) is 69.3 Å². The molecule has 3 aromatic carbocycles. The zero-order chi connectivity index (χ0) is 19.4. The topological polar surface area (TPSA) is 26.3 Å². The largest absolute Gasteiger partial charge is 0.462 e. The van der Waals surface area contributed by atoms with Gasteiger partial charge in [0.1, 0.15) is 0 Å². The van der Waals surface area contributed by atoms with Crippen LogP contribution in [0.2, 0.25) is 0 Å². The summed E-state index contributed by atoms with van der Waals surface area (Å²) >= 11 is 0. The lowest BCUT2D eigenvalue weighted by Gasteiger charge is -2.11. The lowest BCUT2D eigenvalue weighted by molar-refractivity contribution is 0.0525. The van der Waals surface area contributed by atoms with E-state index in [1.165, 1.54) is 22.3 Å². The van der Waals surface area contributed by atoms with Gasteiger partial charge < -0.3 is 4.74 Å². The van der Waals surface area contributed by atoms with E-state index >= 15 is 0 Å². The van der Waals surface area contributed by atoms with Crippen LogP contribution in [0.4, 0.5) is 0 Å². The summed E-state index contributed by atoms with van der Waals surface area (Å²) < 4.78 is 5.16. The first kappa shape index (κ1) is 18.9. The first-order chi connectivity index (χ1) is 13.0. The molecule has 2 heteroatoms. The highest BCUT2D eigenvalue weighted by atomic mass is 16.5. The molecule has 0 aliphatic heterocycles. The molecule has 2 nitrogen and oxygen atoms in total. The van der Waals surface area contributed by atoms with Gasteiger partial charge >= 0.3 is 5.97 Å². The molecule has 3 rings (SSSR count). The first-order valence-electron chi connectivity index (χ1n) is 9.51. The van der Waals surface area contributed by atoms with E-state index in [0.717, 1.165) is 23.1 Å². The Labute approximate surface area is 161 Å². The van der Waals surface area contributed by atoms with Crippen molar-refractivity contribution in [1.29, 1.82) is 0 Å². The Bertz CT molecular complexity index is 953. The minimum absolute atomic E-state index is 0.244. The molecule has 0 spiro atoms. The van der Waals surface area contributed by atoms with Crippen LogP contribution in [-0.4, -0.2) is 12.6 Å². The van der Waals surface area contributed by atoms with E-state index in [0.29, 0.717) is 12.2 Å². The fourth-order valence-corrected chi connectivity index (χ4v) is 3.25. The molecule has 0 heterocycles. The monoisotopic (exact) mass is 358 g/mol. The fourth-order valence-electron chi connectivity index (χ4n) is 3.25. The zero-order valence-electron chi connectivity index (χ0n) is 16.5. The fraction of sp³-hybridized carbons (Fsp3) is 0.240. The van der Waals surface area contributed by atoms with Gasteiger partial charge in [-0.15, -0.1) is 0 Å². The summed E-state index contributed by atoms with van der Waals surface area (Å²) in [5.74, 6) is -0.244. The lowest BCUT2D eigenvalue weighted by atomic mass is 9.95. The second-order valence-corrected chi connectivity index (χ2v) is 6.82. The summed E-state index contributed by atoms with van der Waals surface area (Å²) in [6.07, 6.45) is 0.794. The normalized spacial score (nSPS) is 10.7. The van der Waals surface area contributed by atoms with Crippen molar-refractivity contribution >= 4 is 5.97 Å². The van der Waals surface area contributed by atoms with Crippen LogP contribution in [0.5, 0.6) is 0 Å². The van der Waals surface area contributed by atoms with Crippen LogP contribution >= 0.6 is 0 Å². The number of carbonyl (C=O) groups excluding carboxylic acids is 1. The number of aryl methyl sites for hydroxylation is 3. The molecule has 27 heavy (non-hydrogen) atoms. The Morgan fingerprint density at radius 1 is 0.741 bits per heavy atom. The maximum Gasteiger partial charge on any atom is 0.338 e. The maximum atomic E-state index is 12.1. The quantitative estimate of drug-likeness (QED) is 0.495. The smallest absolute Gasteiger partial charge is 0.338 e. The predicted molar refractivity (Wildman–Crippen MR) is 112 cm³/mol. The zero-order valence-corrected chi connectivity index (χ0v) is 16.5. The molecule has 0 bridgehead atoms. The van der Waals surface area contributed by atoms with Crippen LogP contribution in [0.1, 0.15) is 40.9 Å². The number of esters is 1. The van der Waals surface area contributed by atoms with Crippen molar-refractivity contribution < 1.29 is 9.53 Å². The third kappa shape index (κ3) is 4.11. The molecule has 3 aromatic rings. The van der Waals surface area contributed by atoms with Gasteiger partial charge in [-0.3, -0.25) is 0 Å². The number of benzene rings is 3. The maximum absolute atomic E-state index is 12.1. The molecular formula is C25H26O2. The van der Waals surface area contributed by atoms with Crippen LogP contribution in [-0.2, 0) is 11.2 Å². The summed E-state index contributed by atoms with van der Waals surface area (Å²) in [6, 6.07) is 21.1. The van der Waals surface area contributed by atoms with Crippen molar-refractivity contribution in [2.45, 2.75) is 34.1 Å². The second kappa shape index (κ2) is 8.22. The standard InChI is InChI=1S/C25H26O2/c1-5-19-16-23(13-14-24(19)25(26)27-6-2)21-11-9-20(10-12-21)22-8-7-17(3)18(4)15-22/h7-16H,5-6H2,1-4H3. The van der Waals surface area contributed by atoms with E-state index in [1.807, 2.05) is 19.1 Å². The average molecular weight is 358 g/mol. The minimum Gasteiger partial charge on any atom is -0.462 e. The van der Waals surface area contributed by atoms with Gasteiger partial charge in [-0.1, -0.05) is 61.5 Å². The van der Waals surface area contributed by atoms with E-state index in [9.17, 15) is 4.79 Å². The first-order valence-corrected chi connectivity index (χ1v) is 9.51. The molecule has 0 aliphatic carbocycles. The van der Waals surface area contributed by atoms with Gasteiger partial charge in [-0.25, -0.2) is 4.79 Å². The van der Waals surface area contributed by atoms with Crippen molar-refractivity contribution in [3.63, 3.8) is 0 Å². The van der Waals surface area contributed by atoms with Gasteiger partial charge in [-0.2, -0.15) is 0 Å². The molecule has 0 aliphatic rings. The van der Waals surface area contributed by atoms with E-state index in [1.54, 1.807) is 0 Å². The molecule has 138 valence electrons. The molecule has 0 N–H and O–H groups in total. The van der Waals surface area contributed by atoms with Gasteiger partial charge in [0.2, 0.25) is 0 Å². The Balaban J connectivity index is 1.90. The van der Waals surface area contributed by atoms with Gasteiger partial charge in [0.25, 0.3) is 0 Å². The summed E-state index contributed by atoms with van der Waals surface area (Å²) in [4.78, 5) is 12.1. The van der Waals surface area contributed by atoms with Gasteiger partial charge in [-0.05, 0) is 72.2 Å². The summed E-state index contributed by atoms with van der Waals surface area (Å²) in [5.41, 5.74) is 9.00. The summed E-state index contributed by atoms with van der Waals surface area (Å²) in [6.45, 7) is 8.56. The summed E-state index contributed by atoms with van der Waals surface area (Å²) in [7, 11) is 0. The third-order valence-electron chi connectivity index (χ3n) is 5.04. The molecule has 0 atom stereocenters. The SMILES string of the molecule is CCOC(=O)c1ccc(-c2ccc(-c3ccc(C)c(C)c3)cc2)cc1CC. The van der Waals surface area contributed by atoms with E-state index in [-0.39, 0.29) is 5.97 Å². The molecule has 0 unspecified atom stereocenters. The Hall–Kier alpha value is -2.87. The van der Waals surface area contributed by atoms with Crippen molar-refractivity contribution in [3.8, 4) is 22.3 Å². The predicted octanol–water partition coefficient (Wildman–Crippen LogP) is 6.38. The highest BCUT2D eigenvalue weighted by molar-refractivity contribution is 5.92. The van der Waals surface area contributed by atoms with Crippen molar-refractivity contribution in [1.82, 2.24) is 0 Å². The number of rotatable bonds is 5. The molecule has 0 radical (unpaired) electrons. The van der Waals surface area contributed by atoms with Crippen LogP contribution in [0.15, 0.2) is 60.7 Å². The number of hydrogen-bond acceptors (Lipinski definition) is 2. The number of ether oxygens (including phenoxy) is 1. The molecule has 0 aromatic heterocycles. The molecule has 0 saturated heterocycles. The highest BCUT2D eigenvalue weighted by Gasteiger charge is 2.12. The van der Waals surface area contributed by atoms with Crippen molar-refractivity contribution in [2.24, 2.45) is 0 Å². The second-order valence-electron chi connectivity index (χ2n) is 6.82. The van der Waals surface area contributed by atoms with Crippen molar-refractivity contribution in [2.75, 3.05) is 6.61 Å². The van der Waals surface area contributed by atoms with Crippen LogP contribution in [0.3, 0.4) is 0 Å². The van der Waals surface area contributed by atoms with Crippen LogP contribution in [0, 0.1) is 13.8 Å². The Kier molecular flexibility index (Phi) is 5.75. The molecule has 0 amide bonds. The van der Waals surface area contributed by atoms with E-state index < -0.39 is 0 Å². The molecule has 0 saturated carbocycles. The number of carbonyl (C=O) groups is 1. The van der Waals surface area contributed by atoms with Crippen LogP contribution < -0.4 is 0 Å². The van der Waals surface area contributed by atoms with Crippen LogP contribution in [0.25, 0.3) is 22.3 Å².